The first kappa shape index (κ1) is 11.5. The van der Waals surface area contributed by atoms with Crippen LogP contribution >= 0.6 is 11.6 Å². The van der Waals surface area contributed by atoms with Crippen LogP contribution in [0.1, 0.15) is 33.7 Å². The monoisotopic (exact) mass is 230 g/mol. The summed E-state index contributed by atoms with van der Waals surface area (Å²) in [5.41, 5.74) is -0.904. The lowest BCUT2D eigenvalue weighted by Crippen LogP contribution is -2.05. The number of alkyl halides is 2. The number of hydrogen-bond donors (Lipinski definition) is 0. The molecule has 0 unspecified atom stereocenters. The maximum Gasteiger partial charge on any atom is 0.280 e. The van der Waals surface area contributed by atoms with Crippen molar-refractivity contribution < 1.29 is 13.6 Å². The van der Waals surface area contributed by atoms with Crippen LogP contribution in [-0.4, -0.2) is 10.2 Å². The molecule has 1 aromatic heterocycles. The number of nitriles is 1. The second kappa shape index (κ2) is 4.32. The molecule has 0 aromatic carbocycles. The van der Waals surface area contributed by atoms with Crippen molar-refractivity contribution in [3.8, 4) is 6.07 Å². The van der Waals surface area contributed by atoms with Crippen LogP contribution in [0, 0.1) is 18.3 Å². The third-order valence-electron chi connectivity index (χ3n) is 1.77. The quantitative estimate of drug-likeness (QED) is 0.734. The lowest BCUT2D eigenvalue weighted by molar-refractivity contribution is 0.107. The van der Waals surface area contributed by atoms with Crippen molar-refractivity contribution in [2.75, 3.05) is 0 Å². The Balaban J connectivity index is 3.45. The molecule has 1 heterocycles. The Bertz CT molecular complexity index is 454. The highest BCUT2D eigenvalue weighted by Crippen LogP contribution is 2.23. The van der Waals surface area contributed by atoms with Gasteiger partial charge in [0.2, 0.25) is 0 Å². The van der Waals surface area contributed by atoms with E-state index in [-0.39, 0.29) is 11.1 Å². The molecule has 0 radical (unpaired) electrons. The number of carbonyl (C=O) groups excluding carboxylic acids is 1. The van der Waals surface area contributed by atoms with Crippen molar-refractivity contribution in [2.24, 2.45) is 0 Å². The zero-order valence-electron chi connectivity index (χ0n) is 7.59. The predicted octanol–water partition coefficient (Wildman–Crippen LogP) is 2.58. The molecule has 0 fully saturated rings. The second-order valence-corrected chi connectivity index (χ2v) is 3.12. The first-order valence-electron chi connectivity index (χ1n) is 3.87. The molecule has 0 atom stereocenters. The summed E-state index contributed by atoms with van der Waals surface area (Å²) in [5, 5.41) is 7.61. The molecule has 0 saturated heterocycles. The van der Waals surface area contributed by atoms with E-state index in [4.69, 9.17) is 16.9 Å². The van der Waals surface area contributed by atoms with Crippen molar-refractivity contribution in [3.63, 3.8) is 0 Å². The van der Waals surface area contributed by atoms with E-state index in [1.165, 1.54) is 13.0 Å². The topological polar surface area (TPSA) is 53.8 Å². The Morgan fingerprint density at radius 3 is 2.67 bits per heavy atom. The van der Waals surface area contributed by atoms with E-state index in [1.54, 1.807) is 6.07 Å². The molecule has 0 N–H and O–H groups in total. The number of halogens is 3. The highest BCUT2D eigenvalue weighted by atomic mass is 35.5. The second-order valence-electron chi connectivity index (χ2n) is 2.77. The molecule has 0 spiro atoms. The standard InChI is InChI=1S/C9H5ClF2N2O/c1-4-2-5(3-13)7(8(10)15)14-6(4)9(11)12/h2,9H,1H3. The lowest BCUT2D eigenvalue weighted by Gasteiger charge is -2.06. The van der Waals surface area contributed by atoms with Gasteiger partial charge in [-0.05, 0) is 30.2 Å². The van der Waals surface area contributed by atoms with E-state index in [0.717, 1.165) is 0 Å². The van der Waals surface area contributed by atoms with Crippen LogP contribution in [-0.2, 0) is 0 Å². The first-order valence-corrected chi connectivity index (χ1v) is 4.24. The van der Waals surface area contributed by atoms with Crippen LogP contribution in [0.3, 0.4) is 0 Å². The van der Waals surface area contributed by atoms with Crippen LogP contribution in [0.4, 0.5) is 8.78 Å². The molecule has 3 nitrogen and oxygen atoms in total. The van der Waals surface area contributed by atoms with Crippen LogP contribution in [0.15, 0.2) is 6.07 Å². The molecular formula is C9H5ClF2N2O. The Kier molecular flexibility index (Phi) is 3.32. The lowest BCUT2D eigenvalue weighted by atomic mass is 10.1. The smallest absolute Gasteiger partial charge is 0.274 e. The number of nitrogens with zero attached hydrogens (tertiary/aromatic N) is 2. The van der Waals surface area contributed by atoms with Gasteiger partial charge in [0, 0.05) is 0 Å². The molecule has 78 valence electrons. The summed E-state index contributed by atoms with van der Waals surface area (Å²) in [6.45, 7) is 1.39. The van der Waals surface area contributed by atoms with Crippen LogP contribution in [0.5, 0.6) is 0 Å². The van der Waals surface area contributed by atoms with Gasteiger partial charge in [0.25, 0.3) is 11.7 Å². The van der Waals surface area contributed by atoms with Gasteiger partial charge < -0.3 is 0 Å². The van der Waals surface area contributed by atoms with Crippen LogP contribution in [0.25, 0.3) is 0 Å². The highest BCUT2D eigenvalue weighted by Gasteiger charge is 2.19. The molecule has 0 aliphatic carbocycles. The first-order chi connectivity index (χ1) is 6.97. The molecule has 0 aliphatic heterocycles. The Hall–Kier alpha value is -1.54. The molecule has 0 aliphatic rings. The van der Waals surface area contributed by atoms with Crippen molar-refractivity contribution >= 4 is 16.8 Å². The van der Waals surface area contributed by atoms with Crippen molar-refractivity contribution in [2.45, 2.75) is 13.3 Å². The normalized spacial score (nSPS) is 10.1. The van der Waals surface area contributed by atoms with Gasteiger partial charge in [0.1, 0.15) is 17.5 Å². The summed E-state index contributed by atoms with van der Waals surface area (Å²) < 4.78 is 24.8. The number of rotatable bonds is 2. The van der Waals surface area contributed by atoms with E-state index in [9.17, 15) is 13.6 Å². The van der Waals surface area contributed by atoms with Crippen molar-refractivity contribution in [3.05, 3.63) is 28.6 Å². The number of aromatic nitrogens is 1. The summed E-state index contributed by atoms with van der Waals surface area (Å²) in [4.78, 5) is 14.2. The van der Waals surface area contributed by atoms with Gasteiger partial charge in [0.05, 0.1) is 5.56 Å². The molecule has 15 heavy (non-hydrogen) atoms. The minimum Gasteiger partial charge on any atom is -0.274 e. The fourth-order valence-electron chi connectivity index (χ4n) is 1.08. The summed E-state index contributed by atoms with van der Waals surface area (Å²) >= 11 is 5.12. The maximum absolute atomic E-state index is 12.4. The van der Waals surface area contributed by atoms with Crippen LogP contribution in [0.2, 0.25) is 0 Å². The summed E-state index contributed by atoms with van der Waals surface area (Å²) in [7, 11) is 0. The molecule has 1 rings (SSSR count). The van der Waals surface area contributed by atoms with Gasteiger partial charge in [-0.15, -0.1) is 0 Å². The maximum atomic E-state index is 12.4. The summed E-state index contributed by atoms with van der Waals surface area (Å²) in [5.74, 6) is 0. The third kappa shape index (κ3) is 2.28. The fourth-order valence-corrected chi connectivity index (χ4v) is 1.23. The number of hydrogen-bond acceptors (Lipinski definition) is 3. The fraction of sp³-hybridized carbons (Fsp3) is 0.222. The molecule has 0 bridgehead atoms. The zero-order chi connectivity index (χ0) is 11.6. The minimum atomic E-state index is -2.80. The average Bonchev–Trinajstić information content (AvgIpc) is 2.16. The largest absolute Gasteiger partial charge is 0.280 e. The molecule has 0 amide bonds. The Labute approximate surface area is 89.3 Å². The van der Waals surface area contributed by atoms with Gasteiger partial charge in [-0.3, -0.25) is 4.79 Å². The Morgan fingerprint density at radius 1 is 1.67 bits per heavy atom. The van der Waals surface area contributed by atoms with Crippen LogP contribution < -0.4 is 0 Å². The SMILES string of the molecule is Cc1cc(C#N)c(C(=O)Cl)nc1C(F)F. The average molecular weight is 231 g/mol. The molecule has 1 aromatic rings. The molecular weight excluding hydrogens is 226 g/mol. The minimum absolute atomic E-state index is 0.100. The Morgan fingerprint density at radius 2 is 2.27 bits per heavy atom. The summed E-state index contributed by atoms with van der Waals surface area (Å²) in [6, 6.07) is 2.84. The van der Waals surface area contributed by atoms with Gasteiger partial charge in [-0.1, -0.05) is 0 Å². The number of carbonyl (C=O) groups is 1. The van der Waals surface area contributed by atoms with Gasteiger partial charge in [-0.25, -0.2) is 13.8 Å². The van der Waals surface area contributed by atoms with E-state index < -0.39 is 23.1 Å². The number of aryl methyl sites for hydroxylation is 1. The van der Waals surface area contributed by atoms with Crippen molar-refractivity contribution in [1.29, 1.82) is 5.26 Å². The van der Waals surface area contributed by atoms with Crippen molar-refractivity contribution in [1.82, 2.24) is 4.98 Å². The molecule has 6 heteroatoms. The number of pyridine rings is 1. The predicted molar refractivity (Wildman–Crippen MR) is 48.8 cm³/mol. The van der Waals surface area contributed by atoms with E-state index in [2.05, 4.69) is 4.98 Å². The van der Waals surface area contributed by atoms with Gasteiger partial charge >= 0.3 is 0 Å². The third-order valence-corrected chi connectivity index (χ3v) is 1.94. The van der Waals surface area contributed by atoms with E-state index >= 15 is 0 Å². The van der Waals surface area contributed by atoms with Gasteiger partial charge in [0.15, 0.2) is 0 Å². The summed E-state index contributed by atoms with van der Waals surface area (Å²) in [6.07, 6.45) is -2.80. The van der Waals surface area contributed by atoms with Gasteiger partial charge in [-0.2, -0.15) is 5.26 Å². The zero-order valence-corrected chi connectivity index (χ0v) is 8.35. The highest BCUT2D eigenvalue weighted by molar-refractivity contribution is 6.67. The van der Waals surface area contributed by atoms with E-state index in [0.29, 0.717) is 0 Å². The van der Waals surface area contributed by atoms with E-state index in [1.807, 2.05) is 0 Å². The molecule has 0 saturated carbocycles.